The van der Waals surface area contributed by atoms with Gasteiger partial charge in [-0.25, -0.2) is 17.9 Å². The molecule has 0 aromatic heterocycles. The highest BCUT2D eigenvalue weighted by atomic mass is 79.9. The molecule has 1 aromatic rings. The molecule has 0 aliphatic carbocycles. The second kappa shape index (κ2) is 7.21. The smallest absolute Gasteiger partial charge is 0.209 e. The van der Waals surface area contributed by atoms with Gasteiger partial charge in [-0.05, 0) is 37.0 Å². The molecule has 0 saturated carbocycles. The number of sulfonamides is 1. The highest BCUT2D eigenvalue weighted by Gasteiger charge is 2.09. The van der Waals surface area contributed by atoms with E-state index in [9.17, 15) is 12.8 Å². The maximum atomic E-state index is 13.4. The zero-order valence-electron chi connectivity index (χ0n) is 10.6. The topological polar surface area (TPSA) is 69.4 Å². The van der Waals surface area contributed by atoms with Crippen molar-refractivity contribution in [1.82, 2.24) is 0 Å². The Morgan fingerprint density at radius 3 is 2.74 bits per heavy atom. The number of hydrogen-bond acceptors (Lipinski definition) is 3. The summed E-state index contributed by atoms with van der Waals surface area (Å²) in [5, 5.41) is 4.93. The summed E-state index contributed by atoms with van der Waals surface area (Å²) in [6, 6.07) is 4.48. The van der Waals surface area contributed by atoms with E-state index in [2.05, 4.69) is 15.9 Å². The summed E-state index contributed by atoms with van der Waals surface area (Å²) in [6.45, 7) is 2.24. The lowest BCUT2D eigenvalue weighted by Gasteiger charge is -2.12. The summed E-state index contributed by atoms with van der Waals surface area (Å²) >= 11 is 3.24. The van der Waals surface area contributed by atoms with Crippen LogP contribution in [0.1, 0.15) is 19.8 Å². The van der Waals surface area contributed by atoms with Crippen molar-refractivity contribution in [2.24, 2.45) is 11.1 Å². The molecule has 19 heavy (non-hydrogen) atoms. The summed E-state index contributed by atoms with van der Waals surface area (Å²) in [6.07, 6.45) is 1.12. The first kappa shape index (κ1) is 16.4. The quantitative estimate of drug-likeness (QED) is 0.819. The summed E-state index contributed by atoms with van der Waals surface area (Å²) in [4.78, 5) is 0. The SMILES string of the molecule is CC(CCOc1cc(Br)ccc1F)CCS(N)(=O)=O. The van der Waals surface area contributed by atoms with Crippen LogP contribution in [-0.4, -0.2) is 20.8 Å². The standard InChI is InChI=1S/C12H17BrFNO3S/c1-9(5-7-19(15,16)17)4-6-18-12-8-10(13)2-3-11(12)14/h2-3,8-9H,4-7H2,1H3,(H2,15,16,17). The average molecular weight is 354 g/mol. The summed E-state index contributed by atoms with van der Waals surface area (Å²) in [7, 11) is -3.42. The van der Waals surface area contributed by atoms with Gasteiger partial charge in [0.25, 0.3) is 0 Å². The van der Waals surface area contributed by atoms with Crippen LogP contribution in [0.2, 0.25) is 0 Å². The number of rotatable bonds is 7. The summed E-state index contributed by atoms with van der Waals surface area (Å²) < 4.78 is 41.0. The monoisotopic (exact) mass is 353 g/mol. The van der Waals surface area contributed by atoms with Crippen molar-refractivity contribution in [3.05, 3.63) is 28.5 Å². The molecule has 0 radical (unpaired) electrons. The van der Waals surface area contributed by atoms with E-state index < -0.39 is 15.8 Å². The number of primary sulfonamides is 1. The highest BCUT2D eigenvalue weighted by molar-refractivity contribution is 9.10. The lowest BCUT2D eigenvalue weighted by molar-refractivity contribution is 0.270. The lowest BCUT2D eigenvalue weighted by Crippen LogP contribution is -2.18. The Kier molecular flexibility index (Phi) is 6.22. The van der Waals surface area contributed by atoms with Gasteiger partial charge in [-0.3, -0.25) is 0 Å². The third-order valence-electron chi connectivity index (χ3n) is 2.66. The van der Waals surface area contributed by atoms with Crippen molar-refractivity contribution in [3.63, 3.8) is 0 Å². The Morgan fingerprint density at radius 2 is 2.11 bits per heavy atom. The average Bonchev–Trinajstić information content (AvgIpc) is 2.30. The predicted molar refractivity (Wildman–Crippen MR) is 76.0 cm³/mol. The second-order valence-electron chi connectivity index (χ2n) is 4.47. The normalized spacial score (nSPS) is 13.3. The van der Waals surface area contributed by atoms with Gasteiger partial charge >= 0.3 is 0 Å². The molecule has 0 heterocycles. The van der Waals surface area contributed by atoms with Gasteiger partial charge in [0.15, 0.2) is 11.6 Å². The number of halogens is 2. The molecule has 1 unspecified atom stereocenters. The van der Waals surface area contributed by atoms with Crippen molar-refractivity contribution in [2.45, 2.75) is 19.8 Å². The van der Waals surface area contributed by atoms with Crippen molar-refractivity contribution in [2.75, 3.05) is 12.4 Å². The van der Waals surface area contributed by atoms with E-state index in [0.717, 1.165) is 4.47 Å². The van der Waals surface area contributed by atoms with Crippen LogP contribution in [0, 0.1) is 11.7 Å². The van der Waals surface area contributed by atoms with Gasteiger partial charge in [-0.15, -0.1) is 0 Å². The molecule has 1 rings (SSSR count). The first-order chi connectivity index (χ1) is 8.78. The van der Waals surface area contributed by atoms with E-state index in [4.69, 9.17) is 9.88 Å². The maximum Gasteiger partial charge on any atom is 0.209 e. The fraction of sp³-hybridized carbons (Fsp3) is 0.500. The number of benzene rings is 1. The highest BCUT2D eigenvalue weighted by Crippen LogP contribution is 2.22. The van der Waals surface area contributed by atoms with Crippen LogP contribution in [0.4, 0.5) is 4.39 Å². The predicted octanol–water partition coefficient (Wildman–Crippen LogP) is 2.67. The molecule has 0 aliphatic heterocycles. The van der Waals surface area contributed by atoms with E-state index in [0.29, 0.717) is 19.4 Å². The van der Waals surface area contributed by atoms with Gasteiger partial charge < -0.3 is 4.74 Å². The van der Waals surface area contributed by atoms with Crippen LogP contribution in [0.25, 0.3) is 0 Å². The van der Waals surface area contributed by atoms with Gasteiger partial charge in [0, 0.05) is 4.47 Å². The van der Waals surface area contributed by atoms with Crippen LogP contribution < -0.4 is 9.88 Å². The Balaban J connectivity index is 2.35. The van der Waals surface area contributed by atoms with Gasteiger partial charge in [-0.2, -0.15) is 0 Å². The van der Waals surface area contributed by atoms with E-state index in [1.807, 2.05) is 6.92 Å². The summed E-state index contributed by atoms with van der Waals surface area (Å²) in [5.74, 6) is -0.124. The molecule has 0 fully saturated rings. The van der Waals surface area contributed by atoms with Crippen LogP contribution in [0.5, 0.6) is 5.75 Å². The zero-order valence-corrected chi connectivity index (χ0v) is 13.0. The van der Waals surface area contributed by atoms with Crippen molar-refractivity contribution in [3.8, 4) is 5.75 Å². The molecule has 108 valence electrons. The number of hydrogen-bond donors (Lipinski definition) is 1. The van der Waals surface area contributed by atoms with E-state index in [1.165, 1.54) is 6.07 Å². The molecule has 2 N–H and O–H groups in total. The van der Waals surface area contributed by atoms with Crippen LogP contribution >= 0.6 is 15.9 Å². The molecule has 0 bridgehead atoms. The minimum atomic E-state index is -3.42. The van der Waals surface area contributed by atoms with Gasteiger partial charge in [0.2, 0.25) is 10.0 Å². The minimum absolute atomic E-state index is 0.0422. The maximum absolute atomic E-state index is 13.4. The summed E-state index contributed by atoms with van der Waals surface area (Å²) in [5.41, 5.74) is 0. The van der Waals surface area contributed by atoms with E-state index >= 15 is 0 Å². The molecule has 0 amide bonds. The Bertz CT molecular complexity index is 522. The van der Waals surface area contributed by atoms with E-state index in [-0.39, 0.29) is 17.4 Å². The molecular formula is C12H17BrFNO3S. The number of nitrogens with two attached hydrogens (primary N) is 1. The first-order valence-corrected chi connectivity index (χ1v) is 8.37. The molecule has 1 aromatic carbocycles. The lowest BCUT2D eigenvalue weighted by atomic mass is 10.1. The van der Waals surface area contributed by atoms with Crippen LogP contribution in [0.15, 0.2) is 22.7 Å². The molecule has 7 heteroatoms. The Hall–Kier alpha value is -0.660. The number of ether oxygens (including phenoxy) is 1. The third-order valence-corrected chi connectivity index (χ3v) is 3.95. The van der Waals surface area contributed by atoms with Gasteiger partial charge in [0.05, 0.1) is 12.4 Å². The van der Waals surface area contributed by atoms with Crippen molar-refractivity contribution in [1.29, 1.82) is 0 Å². The fourth-order valence-corrected chi connectivity index (χ4v) is 2.54. The first-order valence-electron chi connectivity index (χ1n) is 5.86. The Labute approximate surface area is 121 Å². The van der Waals surface area contributed by atoms with Crippen LogP contribution in [-0.2, 0) is 10.0 Å². The molecule has 1 atom stereocenters. The second-order valence-corrected chi connectivity index (χ2v) is 7.12. The third kappa shape index (κ3) is 6.89. The molecular weight excluding hydrogens is 337 g/mol. The van der Waals surface area contributed by atoms with Gasteiger partial charge in [-0.1, -0.05) is 22.9 Å². The molecule has 0 saturated heterocycles. The fourth-order valence-electron chi connectivity index (χ4n) is 1.47. The Morgan fingerprint density at radius 1 is 1.42 bits per heavy atom. The molecule has 0 spiro atoms. The minimum Gasteiger partial charge on any atom is -0.490 e. The van der Waals surface area contributed by atoms with Crippen molar-refractivity contribution >= 4 is 26.0 Å². The molecule has 4 nitrogen and oxygen atoms in total. The van der Waals surface area contributed by atoms with Crippen LogP contribution in [0.3, 0.4) is 0 Å². The van der Waals surface area contributed by atoms with Gasteiger partial charge in [0.1, 0.15) is 0 Å². The molecule has 0 aliphatic rings. The van der Waals surface area contributed by atoms with E-state index in [1.54, 1.807) is 12.1 Å². The zero-order chi connectivity index (χ0) is 14.5. The van der Waals surface area contributed by atoms with Crippen molar-refractivity contribution < 1.29 is 17.5 Å². The largest absolute Gasteiger partial charge is 0.490 e.